The van der Waals surface area contributed by atoms with Gasteiger partial charge in [0.05, 0.1) is 5.70 Å². The van der Waals surface area contributed by atoms with Crippen LogP contribution in [0.1, 0.15) is 11.1 Å². The summed E-state index contributed by atoms with van der Waals surface area (Å²) in [5, 5.41) is 3.30. The minimum Gasteiger partial charge on any atom is -0.452 e. The Bertz CT molecular complexity index is 1240. The topological polar surface area (TPSA) is 68.3 Å². The molecule has 194 valence electrons. The van der Waals surface area contributed by atoms with Crippen LogP contribution in [0.3, 0.4) is 0 Å². The molecule has 3 aromatic rings. The van der Waals surface area contributed by atoms with Gasteiger partial charge in [-0.3, -0.25) is 4.98 Å². The molecule has 0 radical (unpaired) electrons. The summed E-state index contributed by atoms with van der Waals surface area (Å²) >= 11 is 0. The van der Waals surface area contributed by atoms with E-state index in [0.717, 1.165) is 17.2 Å². The van der Waals surface area contributed by atoms with Gasteiger partial charge in [-0.1, -0.05) is 18.2 Å². The van der Waals surface area contributed by atoms with Gasteiger partial charge < -0.3 is 24.6 Å². The van der Waals surface area contributed by atoms with Crippen LogP contribution in [-0.2, 0) is 22.9 Å². The van der Waals surface area contributed by atoms with E-state index in [0.29, 0.717) is 24.6 Å². The van der Waals surface area contributed by atoms with Crippen LogP contribution in [-0.4, -0.2) is 40.8 Å². The molecule has 0 saturated heterocycles. The third-order valence-corrected chi connectivity index (χ3v) is 5.64. The number of hydrogen-bond donors (Lipinski definition) is 1. The van der Waals surface area contributed by atoms with Gasteiger partial charge in [0.25, 0.3) is 6.35 Å². The maximum absolute atomic E-state index is 13.5. The smallest absolute Gasteiger partial charge is 0.452 e. The molecule has 1 unspecified atom stereocenters. The van der Waals surface area contributed by atoms with E-state index in [9.17, 15) is 17.6 Å². The van der Waals surface area contributed by atoms with E-state index in [1.54, 1.807) is 24.5 Å². The molecule has 8 nitrogen and oxygen atoms in total. The van der Waals surface area contributed by atoms with Crippen molar-refractivity contribution in [1.82, 2.24) is 20.1 Å². The van der Waals surface area contributed by atoms with E-state index < -0.39 is 18.5 Å². The van der Waals surface area contributed by atoms with E-state index in [1.807, 2.05) is 21.9 Å². The molecule has 0 saturated carbocycles. The largest absolute Gasteiger partial charge is 0.573 e. The lowest BCUT2D eigenvalue weighted by molar-refractivity contribution is -0.305. The minimum atomic E-state index is -4.83. The summed E-state index contributed by atoms with van der Waals surface area (Å²) in [6.45, 7) is 0.944. The van der Waals surface area contributed by atoms with Crippen LogP contribution in [0.5, 0.6) is 11.5 Å². The fourth-order valence-corrected chi connectivity index (χ4v) is 4.01. The Morgan fingerprint density at radius 3 is 2.43 bits per heavy atom. The Morgan fingerprint density at radius 2 is 1.68 bits per heavy atom. The number of ether oxygens (including phenoxy) is 2. The average molecular weight is 518 g/mol. The van der Waals surface area contributed by atoms with Crippen LogP contribution < -0.4 is 14.8 Å². The summed E-state index contributed by atoms with van der Waals surface area (Å²) in [5.74, 6) is 0.0499. The fraction of sp³-hybridized carbons (Fsp3) is 0.240. The fourth-order valence-electron chi connectivity index (χ4n) is 4.01. The molecule has 2 aromatic carbocycles. The Balaban J connectivity index is 1.43. The summed E-state index contributed by atoms with van der Waals surface area (Å²) in [6.07, 6.45) is -2.28. The number of rotatable bonds is 7. The van der Waals surface area contributed by atoms with Gasteiger partial charge in [0.1, 0.15) is 29.7 Å². The lowest BCUT2D eigenvalue weighted by atomic mass is 10.2. The molecule has 12 heteroatoms. The molecule has 2 aliphatic heterocycles. The molecule has 3 heterocycles. The Labute approximate surface area is 209 Å². The first-order chi connectivity index (χ1) is 17.8. The van der Waals surface area contributed by atoms with Crippen LogP contribution in [0.4, 0.5) is 17.6 Å². The second-order valence-electron chi connectivity index (χ2n) is 8.25. The zero-order valence-electron chi connectivity index (χ0n) is 19.3. The predicted molar refractivity (Wildman–Crippen MR) is 121 cm³/mol. The first-order valence-corrected chi connectivity index (χ1v) is 11.3. The quantitative estimate of drug-likeness (QED) is 0.363. The Hall–Kier alpha value is -4.03. The van der Waals surface area contributed by atoms with Gasteiger partial charge in [-0.2, -0.15) is 0 Å². The summed E-state index contributed by atoms with van der Waals surface area (Å²) < 4.78 is 61.8. The standard InChI is InChI=1S/C25H22F4N4O4/c26-19-6-4-17(5-7-19)14-33-22-15-34-35-16-32(13-18-8-10-30-11-9-18)23(22)31-24(33)36-20-2-1-3-21(12-20)37-25(27,28)29/h1-12,24,31H,13-16H2. The molecule has 5 rings (SSSR count). The molecule has 0 spiro atoms. The van der Waals surface area contributed by atoms with Gasteiger partial charge in [0.2, 0.25) is 0 Å². The SMILES string of the molecule is Fc1ccc(CN2C3=C(NC2Oc2cccc(OC(F)(F)F)c2)N(Cc2ccncc2)COOC3)cc1. The summed E-state index contributed by atoms with van der Waals surface area (Å²) in [7, 11) is 0. The van der Waals surface area contributed by atoms with Crippen molar-refractivity contribution in [1.29, 1.82) is 0 Å². The van der Waals surface area contributed by atoms with E-state index in [-0.39, 0.29) is 24.9 Å². The molecule has 37 heavy (non-hydrogen) atoms. The van der Waals surface area contributed by atoms with Crippen molar-refractivity contribution < 1.29 is 36.8 Å². The monoisotopic (exact) mass is 518 g/mol. The van der Waals surface area contributed by atoms with Gasteiger partial charge in [-0.05, 0) is 47.5 Å². The van der Waals surface area contributed by atoms with Crippen LogP contribution in [0.25, 0.3) is 0 Å². The highest BCUT2D eigenvalue weighted by Crippen LogP contribution is 2.32. The highest BCUT2D eigenvalue weighted by atomic mass is 19.4. The molecule has 0 bridgehead atoms. The highest BCUT2D eigenvalue weighted by molar-refractivity contribution is 5.34. The number of nitrogens with zero attached hydrogens (tertiary/aromatic N) is 3. The number of aromatic nitrogens is 1. The van der Waals surface area contributed by atoms with Crippen molar-refractivity contribution in [2.24, 2.45) is 0 Å². The molecular formula is C25H22F4N4O4. The normalized spacial score (nSPS) is 17.8. The molecular weight excluding hydrogens is 496 g/mol. The molecule has 1 atom stereocenters. The predicted octanol–water partition coefficient (Wildman–Crippen LogP) is 4.48. The van der Waals surface area contributed by atoms with Gasteiger partial charge in [-0.25, -0.2) is 14.2 Å². The van der Waals surface area contributed by atoms with Crippen LogP contribution in [0.2, 0.25) is 0 Å². The number of pyridine rings is 1. The second-order valence-corrected chi connectivity index (χ2v) is 8.25. The molecule has 0 aliphatic carbocycles. The summed E-state index contributed by atoms with van der Waals surface area (Å²) in [4.78, 5) is 18.5. The number of halogens is 4. The van der Waals surface area contributed by atoms with Crippen molar-refractivity contribution >= 4 is 0 Å². The van der Waals surface area contributed by atoms with Crippen LogP contribution in [0, 0.1) is 5.82 Å². The molecule has 1 N–H and O–H groups in total. The zero-order chi connectivity index (χ0) is 25.8. The Morgan fingerprint density at radius 1 is 0.946 bits per heavy atom. The third-order valence-electron chi connectivity index (χ3n) is 5.64. The minimum absolute atomic E-state index is 0.0768. The first kappa shape index (κ1) is 24.7. The summed E-state index contributed by atoms with van der Waals surface area (Å²) in [5.41, 5.74) is 2.45. The van der Waals surface area contributed by atoms with Gasteiger partial charge in [0, 0.05) is 31.5 Å². The van der Waals surface area contributed by atoms with Crippen molar-refractivity contribution in [2.45, 2.75) is 25.8 Å². The van der Waals surface area contributed by atoms with E-state index >= 15 is 0 Å². The number of alkyl halides is 3. The number of benzene rings is 2. The van der Waals surface area contributed by atoms with Crippen molar-refractivity contribution in [3.8, 4) is 11.5 Å². The van der Waals surface area contributed by atoms with Crippen molar-refractivity contribution in [3.63, 3.8) is 0 Å². The lowest BCUT2D eigenvalue weighted by Gasteiger charge is -2.29. The van der Waals surface area contributed by atoms with Crippen LogP contribution in [0.15, 0.2) is 84.6 Å². The summed E-state index contributed by atoms with van der Waals surface area (Å²) in [6, 6.07) is 15.0. The van der Waals surface area contributed by atoms with Gasteiger partial charge in [-0.15, -0.1) is 13.2 Å². The number of nitrogens with one attached hydrogen (secondary N) is 1. The third kappa shape index (κ3) is 6.22. The maximum Gasteiger partial charge on any atom is 0.573 e. The number of hydrogen-bond acceptors (Lipinski definition) is 8. The van der Waals surface area contributed by atoms with E-state index in [2.05, 4.69) is 15.0 Å². The highest BCUT2D eigenvalue weighted by Gasteiger charge is 2.37. The first-order valence-electron chi connectivity index (χ1n) is 11.3. The molecule has 2 aliphatic rings. The molecule has 0 amide bonds. The van der Waals surface area contributed by atoms with E-state index in [1.165, 1.54) is 30.3 Å². The Kier molecular flexibility index (Phi) is 7.01. The van der Waals surface area contributed by atoms with E-state index in [4.69, 9.17) is 14.5 Å². The van der Waals surface area contributed by atoms with Crippen LogP contribution >= 0.6 is 0 Å². The van der Waals surface area contributed by atoms with Crippen molar-refractivity contribution in [2.75, 3.05) is 13.3 Å². The second kappa shape index (κ2) is 10.5. The van der Waals surface area contributed by atoms with Gasteiger partial charge >= 0.3 is 6.36 Å². The lowest BCUT2D eigenvalue weighted by Crippen LogP contribution is -2.44. The zero-order valence-corrected chi connectivity index (χ0v) is 19.3. The maximum atomic E-state index is 13.5. The molecule has 1 aromatic heterocycles. The average Bonchev–Trinajstić information content (AvgIpc) is 3.06. The van der Waals surface area contributed by atoms with Crippen molar-refractivity contribution in [3.05, 3.63) is 102 Å². The van der Waals surface area contributed by atoms with Gasteiger partial charge in [0.15, 0.2) is 6.73 Å². The molecule has 0 fully saturated rings.